The summed E-state index contributed by atoms with van der Waals surface area (Å²) in [6.07, 6.45) is 7.13. The first-order chi connectivity index (χ1) is 13.5. The maximum absolute atomic E-state index is 13.1. The number of benzene rings is 1. The van der Waals surface area contributed by atoms with Crippen LogP contribution in [0.4, 0.5) is 0 Å². The first kappa shape index (κ1) is 19.2. The highest BCUT2D eigenvalue weighted by atomic mass is 35.5. The lowest BCUT2D eigenvalue weighted by atomic mass is 9.94. The van der Waals surface area contributed by atoms with Gasteiger partial charge in [-0.05, 0) is 30.5 Å². The average Bonchev–Trinajstić information content (AvgIpc) is 3.15. The van der Waals surface area contributed by atoms with E-state index < -0.39 is 0 Å². The van der Waals surface area contributed by atoms with Gasteiger partial charge in [0, 0.05) is 29.1 Å². The average molecular weight is 416 g/mol. The third-order valence-electron chi connectivity index (χ3n) is 5.54. The lowest BCUT2D eigenvalue weighted by Gasteiger charge is -2.31. The topological polar surface area (TPSA) is 55.2 Å². The molecule has 0 bridgehead atoms. The van der Waals surface area contributed by atoms with Crippen molar-refractivity contribution >= 4 is 39.1 Å². The summed E-state index contributed by atoms with van der Waals surface area (Å²) in [5.41, 5.74) is 1.57. The van der Waals surface area contributed by atoms with Crippen LogP contribution >= 0.6 is 22.9 Å². The van der Waals surface area contributed by atoms with Crippen molar-refractivity contribution in [3.05, 3.63) is 51.3 Å². The predicted octanol–water partition coefficient (Wildman–Crippen LogP) is 4.57. The molecule has 1 amide bonds. The molecule has 0 saturated heterocycles. The molecule has 146 valence electrons. The van der Waals surface area contributed by atoms with Gasteiger partial charge < -0.3 is 4.90 Å². The van der Waals surface area contributed by atoms with Crippen molar-refractivity contribution in [2.75, 3.05) is 7.05 Å². The van der Waals surface area contributed by atoms with E-state index in [2.05, 4.69) is 4.98 Å². The van der Waals surface area contributed by atoms with E-state index in [0.717, 1.165) is 36.8 Å². The fraction of sp³-hybridized carbons (Fsp3) is 0.381. The minimum Gasteiger partial charge on any atom is -0.341 e. The van der Waals surface area contributed by atoms with Crippen LogP contribution in [0.5, 0.6) is 0 Å². The third-order valence-corrected chi connectivity index (χ3v) is 6.68. The Kier molecular flexibility index (Phi) is 5.51. The predicted molar refractivity (Wildman–Crippen MR) is 114 cm³/mol. The molecule has 1 aliphatic carbocycles. The summed E-state index contributed by atoms with van der Waals surface area (Å²) in [7, 11) is 1.85. The molecule has 2 heterocycles. The molecule has 1 aliphatic rings. The molecular formula is C21H22ClN3O2S. The van der Waals surface area contributed by atoms with E-state index in [0.29, 0.717) is 15.2 Å². The molecule has 0 unspecified atom stereocenters. The second-order valence-corrected chi connectivity index (χ2v) is 8.61. The van der Waals surface area contributed by atoms with Crippen LogP contribution in [0.15, 0.2) is 40.8 Å². The smallest absolute Gasteiger partial charge is 0.263 e. The number of amides is 1. The molecule has 1 saturated carbocycles. The van der Waals surface area contributed by atoms with Crippen LogP contribution in [-0.2, 0) is 11.3 Å². The zero-order valence-electron chi connectivity index (χ0n) is 15.7. The first-order valence-electron chi connectivity index (χ1n) is 9.53. The molecular weight excluding hydrogens is 394 g/mol. The van der Waals surface area contributed by atoms with E-state index in [1.807, 2.05) is 29.5 Å². The molecule has 5 nitrogen and oxygen atoms in total. The first-order valence-corrected chi connectivity index (χ1v) is 10.8. The standard InChI is InChI=1S/C21H22ClN3O2S/c1-24(16-5-3-2-4-6-16)18(26)11-25-13-23-20-19(21(25)27)17(12-28-20)14-7-9-15(22)10-8-14/h7-10,12-13,16H,2-6,11H2,1H3. The molecule has 0 atom stereocenters. The summed E-state index contributed by atoms with van der Waals surface area (Å²) in [6, 6.07) is 7.67. The van der Waals surface area contributed by atoms with Crippen molar-refractivity contribution in [3.8, 4) is 11.1 Å². The van der Waals surface area contributed by atoms with Crippen LogP contribution in [-0.4, -0.2) is 33.4 Å². The number of halogens is 1. The van der Waals surface area contributed by atoms with E-state index in [9.17, 15) is 9.59 Å². The molecule has 0 aliphatic heterocycles. The Bertz CT molecular complexity index is 1050. The molecule has 7 heteroatoms. The van der Waals surface area contributed by atoms with Gasteiger partial charge in [-0.25, -0.2) is 4.98 Å². The van der Waals surface area contributed by atoms with Crippen LogP contribution in [0.25, 0.3) is 21.3 Å². The largest absolute Gasteiger partial charge is 0.341 e. The summed E-state index contributed by atoms with van der Waals surface area (Å²) in [5, 5.41) is 3.14. The number of nitrogens with zero attached hydrogens (tertiary/aromatic N) is 3. The van der Waals surface area contributed by atoms with Gasteiger partial charge in [0.15, 0.2) is 0 Å². The quantitative estimate of drug-likeness (QED) is 0.627. The Balaban J connectivity index is 1.64. The summed E-state index contributed by atoms with van der Waals surface area (Å²) in [4.78, 5) is 32.8. The highest BCUT2D eigenvalue weighted by Gasteiger charge is 2.23. The Morgan fingerprint density at radius 1 is 1.25 bits per heavy atom. The van der Waals surface area contributed by atoms with E-state index in [-0.39, 0.29) is 24.1 Å². The number of likely N-dealkylation sites (N-methyl/N-ethyl adjacent to an activating group) is 1. The number of aromatic nitrogens is 2. The second kappa shape index (κ2) is 8.05. The minimum atomic E-state index is -0.179. The van der Waals surface area contributed by atoms with Gasteiger partial charge in [0.1, 0.15) is 11.4 Å². The third kappa shape index (κ3) is 3.71. The number of thiophene rings is 1. The maximum Gasteiger partial charge on any atom is 0.263 e. The highest BCUT2D eigenvalue weighted by Crippen LogP contribution is 2.31. The van der Waals surface area contributed by atoms with Gasteiger partial charge in [-0.3, -0.25) is 14.2 Å². The van der Waals surface area contributed by atoms with E-state index in [1.165, 1.54) is 28.7 Å². The van der Waals surface area contributed by atoms with Crippen LogP contribution in [0.2, 0.25) is 5.02 Å². The minimum absolute atomic E-state index is 0.0185. The molecule has 0 radical (unpaired) electrons. The Morgan fingerprint density at radius 2 is 1.96 bits per heavy atom. The SMILES string of the molecule is CN(C(=O)Cn1cnc2scc(-c3ccc(Cl)cc3)c2c1=O)C1CCCCC1. The molecule has 3 aromatic rings. The van der Waals surface area contributed by atoms with Crippen molar-refractivity contribution in [1.29, 1.82) is 0 Å². The van der Waals surface area contributed by atoms with E-state index >= 15 is 0 Å². The van der Waals surface area contributed by atoms with Gasteiger partial charge in [0.05, 0.1) is 11.7 Å². The summed E-state index contributed by atoms with van der Waals surface area (Å²) < 4.78 is 1.43. The summed E-state index contributed by atoms with van der Waals surface area (Å²) in [6.45, 7) is 0.0185. The Hall–Kier alpha value is -2.18. The van der Waals surface area contributed by atoms with Gasteiger partial charge in [0.25, 0.3) is 5.56 Å². The van der Waals surface area contributed by atoms with Gasteiger partial charge in [-0.1, -0.05) is 43.0 Å². The molecule has 1 aromatic carbocycles. The number of rotatable bonds is 4. The van der Waals surface area contributed by atoms with Crippen LogP contribution in [0.1, 0.15) is 32.1 Å². The van der Waals surface area contributed by atoms with Crippen LogP contribution < -0.4 is 5.56 Å². The highest BCUT2D eigenvalue weighted by molar-refractivity contribution is 7.17. The maximum atomic E-state index is 13.1. The summed E-state index contributed by atoms with van der Waals surface area (Å²) in [5.74, 6) is -0.0431. The van der Waals surface area contributed by atoms with Gasteiger partial charge in [-0.2, -0.15) is 0 Å². The van der Waals surface area contributed by atoms with Crippen molar-refractivity contribution in [2.24, 2.45) is 0 Å². The fourth-order valence-electron chi connectivity index (χ4n) is 3.85. The van der Waals surface area contributed by atoms with Crippen molar-refractivity contribution in [2.45, 2.75) is 44.7 Å². The number of hydrogen-bond donors (Lipinski definition) is 0. The zero-order chi connectivity index (χ0) is 19.7. The number of carbonyl (C=O) groups is 1. The normalized spacial score (nSPS) is 15.1. The van der Waals surface area contributed by atoms with E-state index in [1.54, 1.807) is 12.1 Å². The molecule has 0 N–H and O–H groups in total. The lowest BCUT2D eigenvalue weighted by molar-refractivity contribution is -0.133. The van der Waals surface area contributed by atoms with Crippen molar-refractivity contribution in [1.82, 2.24) is 14.5 Å². The van der Waals surface area contributed by atoms with Crippen LogP contribution in [0.3, 0.4) is 0 Å². The van der Waals surface area contributed by atoms with Gasteiger partial charge in [-0.15, -0.1) is 11.3 Å². The zero-order valence-corrected chi connectivity index (χ0v) is 17.3. The fourth-order valence-corrected chi connectivity index (χ4v) is 4.88. The Labute approximate surface area is 172 Å². The summed E-state index contributed by atoms with van der Waals surface area (Å²) >= 11 is 7.41. The van der Waals surface area contributed by atoms with Crippen molar-refractivity contribution < 1.29 is 4.79 Å². The monoisotopic (exact) mass is 415 g/mol. The van der Waals surface area contributed by atoms with Crippen LogP contribution in [0, 0.1) is 0 Å². The van der Waals surface area contributed by atoms with Gasteiger partial charge >= 0.3 is 0 Å². The Morgan fingerprint density at radius 3 is 2.68 bits per heavy atom. The van der Waals surface area contributed by atoms with Gasteiger partial charge in [0.2, 0.25) is 5.91 Å². The number of fused-ring (bicyclic) bond motifs is 1. The number of hydrogen-bond acceptors (Lipinski definition) is 4. The molecule has 28 heavy (non-hydrogen) atoms. The molecule has 0 spiro atoms. The number of carbonyl (C=O) groups excluding carboxylic acids is 1. The molecule has 4 rings (SSSR count). The molecule has 1 fully saturated rings. The second-order valence-electron chi connectivity index (χ2n) is 7.31. The molecule has 2 aromatic heterocycles. The van der Waals surface area contributed by atoms with E-state index in [4.69, 9.17) is 11.6 Å². The lowest BCUT2D eigenvalue weighted by Crippen LogP contribution is -2.41. The van der Waals surface area contributed by atoms with Crippen molar-refractivity contribution in [3.63, 3.8) is 0 Å².